The van der Waals surface area contributed by atoms with Gasteiger partial charge in [-0.15, -0.1) is 11.3 Å². The van der Waals surface area contributed by atoms with E-state index in [1.54, 1.807) is 41.9 Å². The van der Waals surface area contributed by atoms with Crippen LogP contribution in [0.3, 0.4) is 0 Å². The highest BCUT2D eigenvalue weighted by Gasteiger charge is 2.25. The lowest BCUT2D eigenvalue weighted by Crippen LogP contribution is -2.32. The number of sulfonamides is 1. The van der Waals surface area contributed by atoms with Crippen molar-refractivity contribution in [2.75, 3.05) is 13.2 Å². The summed E-state index contributed by atoms with van der Waals surface area (Å²) in [4.78, 5) is 5.56. The third-order valence-electron chi connectivity index (χ3n) is 4.35. The number of rotatable bonds is 9. The number of aromatic nitrogens is 1. The second-order valence-electron chi connectivity index (χ2n) is 6.39. The Hall–Kier alpha value is -2.22. The summed E-state index contributed by atoms with van der Waals surface area (Å²) in [6, 6.07) is 12.8. The van der Waals surface area contributed by atoms with E-state index in [4.69, 9.17) is 4.74 Å². The Morgan fingerprint density at radius 3 is 2.68 bits per heavy atom. The second kappa shape index (κ2) is 9.32. The van der Waals surface area contributed by atoms with Crippen LogP contribution in [0.15, 0.2) is 65.1 Å². The Morgan fingerprint density at radius 2 is 2.04 bits per heavy atom. The molecular weight excluding hydrogens is 392 g/mol. The van der Waals surface area contributed by atoms with E-state index in [2.05, 4.69) is 4.98 Å². The van der Waals surface area contributed by atoms with Gasteiger partial charge in [0.1, 0.15) is 5.75 Å². The maximum absolute atomic E-state index is 13.4. The van der Waals surface area contributed by atoms with Crippen molar-refractivity contribution in [1.82, 2.24) is 9.29 Å². The van der Waals surface area contributed by atoms with Crippen LogP contribution in [0.25, 0.3) is 0 Å². The average molecular weight is 417 g/mol. The molecule has 2 aromatic heterocycles. The smallest absolute Gasteiger partial charge is 0.243 e. The predicted octanol–water partition coefficient (Wildman–Crippen LogP) is 4.28. The third-order valence-corrected chi connectivity index (χ3v) is 7.13. The molecular formula is C21H24N2O3S2. The summed E-state index contributed by atoms with van der Waals surface area (Å²) < 4.78 is 33.8. The fourth-order valence-electron chi connectivity index (χ4n) is 2.92. The number of thiophene rings is 1. The zero-order chi connectivity index (χ0) is 20.0. The lowest BCUT2D eigenvalue weighted by Gasteiger charge is -2.22. The first-order valence-corrected chi connectivity index (χ1v) is 11.5. The van der Waals surface area contributed by atoms with E-state index < -0.39 is 10.0 Å². The second-order valence-corrected chi connectivity index (χ2v) is 9.36. The first kappa shape index (κ1) is 20.5. The SMILES string of the molecule is CCOc1ccc(S(=O)(=O)N(CCc2cccs2)Cc2cccnc2)cc1C. The van der Waals surface area contributed by atoms with Crippen LogP contribution in [0, 0.1) is 6.92 Å². The monoisotopic (exact) mass is 416 g/mol. The van der Waals surface area contributed by atoms with Crippen molar-refractivity contribution in [3.05, 3.63) is 76.2 Å². The average Bonchev–Trinajstić information content (AvgIpc) is 3.21. The van der Waals surface area contributed by atoms with Gasteiger partial charge in [0, 0.05) is 30.4 Å². The molecule has 0 aliphatic heterocycles. The Kier molecular flexibility index (Phi) is 6.83. The predicted molar refractivity (Wildman–Crippen MR) is 112 cm³/mol. The molecule has 28 heavy (non-hydrogen) atoms. The van der Waals surface area contributed by atoms with Gasteiger partial charge in [-0.3, -0.25) is 4.98 Å². The maximum atomic E-state index is 13.4. The quantitative estimate of drug-likeness (QED) is 0.522. The van der Waals surface area contributed by atoms with Crippen LogP contribution in [0.1, 0.15) is 22.9 Å². The molecule has 0 bridgehead atoms. The maximum Gasteiger partial charge on any atom is 0.243 e. The zero-order valence-corrected chi connectivity index (χ0v) is 17.7. The highest BCUT2D eigenvalue weighted by molar-refractivity contribution is 7.89. The normalized spacial score (nSPS) is 11.7. The Morgan fingerprint density at radius 1 is 1.18 bits per heavy atom. The van der Waals surface area contributed by atoms with Crippen LogP contribution in [-0.4, -0.2) is 30.9 Å². The highest BCUT2D eigenvalue weighted by atomic mass is 32.2. The fraction of sp³-hybridized carbons (Fsp3) is 0.286. The Labute approximate surface area is 170 Å². The van der Waals surface area contributed by atoms with Crippen LogP contribution in [0.5, 0.6) is 5.75 Å². The van der Waals surface area contributed by atoms with E-state index in [1.807, 2.05) is 43.5 Å². The van der Waals surface area contributed by atoms with E-state index in [0.717, 1.165) is 16.0 Å². The number of ether oxygens (including phenoxy) is 1. The lowest BCUT2D eigenvalue weighted by atomic mass is 10.2. The summed E-state index contributed by atoms with van der Waals surface area (Å²) in [6.07, 6.45) is 4.06. The number of benzene rings is 1. The number of hydrogen-bond acceptors (Lipinski definition) is 5. The van der Waals surface area contributed by atoms with Gasteiger partial charge in [0.25, 0.3) is 0 Å². The summed E-state index contributed by atoms with van der Waals surface area (Å²) in [5, 5.41) is 2.01. The molecule has 148 valence electrons. The van der Waals surface area contributed by atoms with Crippen LogP contribution >= 0.6 is 11.3 Å². The summed E-state index contributed by atoms with van der Waals surface area (Å²) in [7, 11) is -3.65. The minimum absolute atomic E-state index is 0.281. The Balaban J connectivity index is 1.89. The van der Waals surface area contributed by atoms with Crippen molar-refractivity contribution < 1.29 is 13.2 Å². The molecule has 0 aliphatic carbocycles. The number of hydrogen-bond donors (Lipinski definition) is 0. The molecule has 0 saturated carbocycles. The van der Waals surface area contributed by atoms with Gasteiger partial charge in [-0.2, -0.15) is 4.31 Å². The molecule has 0 atom stereocenters. The van der Waals surface area contributed by atoms with E-state index in [-0.39, 0.29) is 11.4 Å². The van der Waals surface area contributed by atoms with Gasteiger partial charge in [-0.25, -0.2) is 8.42 Å². The van der Waals surface area contributed by atoms with Crippen LogP contribution < -0.4 is 4.74 Å². The van der Waals surface area contributed by atoms with Crippen molar-refractivity contribution in [3.63, 3.8) is 0 Å². The molecule has 3 aromatic rings. The van der Waals surface area contributed by atoms with E-state index in [0.29, 0.717) is 25.3 Å². The van der Waals surface area contributed by atoms with Crippen molar-refractivity contribution in [1.29, 1.82) is 0 Å². The van der Waals surface area contributed by atoms with E-state index in [1.165, 1.54) is 4.31 Å². The zero-order valence-electron chi connectivity index (χ0n) is 16.0. The molecule has 0 aliphatic rings. The largest absolute Gasteiger partial charge is 0.494 e. The minimum Gasteiger partial charge on any atom is -0.494 e. The van der Waals surface area contributed by atoms with Gasteiger partial charge in [0.2, 0.25) is 10.0 Å². The molecule has 0 radical (unpaired) electrons. The first-order chi connectivity index (χ1) is 13.5. The van der Waals surface area contributed by atoms with Gasteiger partial charge >= 0.3 is 0 Å². The molecule has 1 aromatic carbocycles. The summed E-state index contributed by atoms with van der Waals surface area (Å²) in [5.41, 5.74) is 1.67. The minimum atomic E-state index is -3.65. The van der Waals surface area contributed by atoms with Crippen molar-refractivity contribution in [3.8, 4) is 5.75 Å². The van der Waals surface area contributed by atoms with Gasteiger partial charge in [-0.1, -0.05) is 12.1 Å². The molecule has 3 rings (SSSR count). The van der Waals surface area contributed by atoms with Gasteiger partial charge < -0.3 is 4.74 Å². The molecule has 0 fully saturated rings. The van der Waals surface area contributed by atoms with Crippen molar-refractivity contribution >= 4 is 21.4 Å². The summed E-state index contributed by atoms with van der Waals surface area (Å²) in [6.45, 7) is 5.00. The summed E-state index contributed by atoms with van der Waals surface area (Å²) >= 11 is 1.64. The summed E-state index contributed by atoms with van der Waals surface area (Å²) in [5.74, 6) is 0.707. The van der Waals surface area contributed by atoms with Crippen LogP contribution in [0.4, 0.5) is 0 Å². The van der Waals surface area contributed by atoms with Crippen molar-refractivity contribution in [2.24, 2.45) is 0 Å². The van der Waals surface area contributed by atoms with Gasteiger partial charge in [0.05, 0.1) is 11.5 Å². The molecule has 0 unspecified atom stereocenters. The topological polar surface area (TPSA) is 59.5 Å². The fourth-order valence-corrected chi connectivity index (χ4v) is 5.13. The molecule has 0 saturated heterocycles. The molecule has 0 amide bonds. The lowest BCUT2D eigenvalue weighted by molar-refractivity contribution is 0.337. The molecule has 0 spiro atoms. The van der Waals surface area contributed by atoms with Crippen molar-refractivity contribution in [2.45, 2.75) is 31.7 Å². The van der Waals surface area contributed by atoms with Crippen LogP contribution in [-0.2, 0) is 23.0 Å². The van der Waals surface area contributed by atoms with E-state index >= 15 is 0 Å². The van der Waals surface area contributed by atoms with Crippen LogP contribution in [0.2, 0.25) is 0 Å². The first-order valence-electron chi connectivity index (χ1n) is 9.15. The third kappa shape index (κ3) is 4.98. The number of pyridine rings is 1. The number of nitrogens with zero attached hydrogens (tertiary/aromatic N) is 2. The number of aryl methyl sites for hydroxylation is 1. The molecule has 7 heteroatoms. The van der Waals surface area contributed by atoms with Gasteiger partial charge in [0.15, 0.2) is 0 Å². The standard InChI is InChI=1S/C21H24N2O3S2/c1-3-26-21-9-8-20(14-17(21)2)28(24,25)23(12-10-19-7-5-13-27-19)16-18-6-4-11-22-15-18/h4-9,11,13-15H,3,10,12,16H2,1-2H3. The van der Waals surface area contributed by atoms with Gasteiger partial charge in [-0.05, 0) is 67.1 Å². The molecule has 2 heterocycles. The van der Waals surface area contributed by atoms with E-state index in [9.17, 15) is 8.42 Å². The molecule has 5 nitrogen and oxygen atoms in total. The Bertz CT molecular complexity index is 988. The highest BCUT2D eigenvalue weighted by Crippen LogP contribution is 2.25. The molecule has 0 N–H and O–H groups in total.